The number of rotatable bonds is 7. The summed E-state index contributed by atoms with van der Waals surface area (Å²) in [5.41, 5.74) is 4.55. The van der Waals surface area contributed by atoms with E-state index in [1.165, 1.54) is 5.56 Å². The van der Waals surface area contributed by atoms with Crippen LogP contribution in [0.25, 0.3) is 0 Å². The van der Waals surface area contributed by atoms with Gasteiger partial charge in [0.05, 0.1) is 11.9 Å². The quantitative estimate of drug-likeness (QED) is 0.611. The molecule has 0 aliphatic heterocycles. The third-order valence-electron chi connectivity index (χ3n) is 4.09. The molecule has 0 saturated carbocycles. The Labute approximate surface area is 154 Å². The number of hydrogen-bond donors (Lipinski definition) is 2. The Bertz CT molecular complexity index is 845. The molecule has 0 atom stereocenters. The highest BCUT2D eigenvalue weighted by atomic mass is 16.1. The summed E-state index contributed by atoms with van der Waals surface area (Å²) in [6, 6.07) is 21.8. The van der Waals surface area contributed by atoms with Gasteiger partial charge in [0.1, 0.15) is 5.69 Å². The SMILES string of the molecule is Cc1cccc(NC(=O)c2ccc(NCCCc3ccccc3)cn2)c1. The molecular weight excluding hydrogens is 322 g/mol. The fourth-order valence-electron chi connectivity index (χ4n) is 2.72. The number of nitrogens with one attached hydrogen (secondary N) is 2. The molecule has 3 rings (SSSR count). The summed E-state index contributed by atoms with van der Waals surface area (Å²) in [6.07, 6.45) is 3.78. The molecule has 4 heteroatoms. The summed E-state index contributed by atoms with van der Waals surface area (Å²) < 4.78 is 0. The largest absolute Gasteiger partial charge is 0.384 e. The molecule has 0 radical (unpaired) electrons. The van der Waals surface area contributed by atoms with Crippen LogP contribution in [0.2, 0.25) is 0 Å². The number of benzene rings is 2. The standard InChI is InChI=1S/C22H23N3O/c1-17-7-5-11-19(15-17)25-22(26)21-13-12-20(16-24-21)23-14-6-10-18-8-3-2-4-9-18/h2-5,7-9,11-13,15-16,23H,6,10,14H2,1H3,(H,25,26). The van der Waals surface area contributed by atoms with Crippen LogP contribution in [0, 0.1) is 6.92 Å². The van der Waals surface area contributed by atoms with Crippen LogP contribution in [0.15, 0.2) is 72.9 Å². The zero-order valence-electron chi connectivity index (χ0n) is 14.9. The molecule has 0 bridgehead atoms. The van der Waals surface area contributed by atoms with Gasteiger partial charge in [0, 0.05) is 12.2 Å². The number of carbonyl (C=O) groups is 1. The van der Waals surface area contributed by atoms with Gasteiger partial charge in [-0.15, -0.1) is 0 Å². The van der Waals surface area contributed by atoms with E-state index in [9.17, 15) is 4.79 Å². The normalized spacial score (nSPS) is 10.3. The number of anilines is 2. The predicted octanol–water partition coefficient (Wildman–Crippen LogP) is 4.69. The molecule has 0 unspecified atom stereocenters. The van der Waals surface area contributed by atoms with Crippen molar-refractivity contribution in [3.8, 4) is 0 Å². The second kappa shape index (κ2) is 8.81. The molecule has 132 valence electrons. The van der Waals surface area contributed by atoms with E-state index in [-0.39, 0.29) is 5.91 Å². The lowest BCUT2D eigenvalue weighted by molar-refractivity contribution is 0.102. The van der Waals surface area contributed by atoms with Crippen molar-refractivity contribution >= 4 is 17.3 Å². The molecule has 0 saturated heterocycles. The van der Waals surface area contributed by atoms with E-state index in [4.69, 9.17) is 0 Å². The molecule has 2 N–H and O–H groups in total. The van der Waals surface area contributed by atoms with Gasteiger partial charge in [-0.2, -0.15) is 0 Å². The molecule has 2 aromatic carbocycles. The first-order chi connectivity index (χ1) is 12.7. The molecule has 1 aromatic heterocycles. The van der Waals surface area contributed by atoms with Crippen molar-refractivity contribution in [2.45, 2.75) is 19.8 Å². The number of nitrogens with zero attached hydrogens (tertiary/aromatic N) is 1. The van der Waals surface area contributed by atoms with E-state index in [0.717, 1.165) is 36.3 Å². The lowest BCUT2D eigenvalue weighted by Crippen LogP contribution is -2.14. The zero-order valence-corrected chi connectivity index (χ0v) is 14.9. The fraction of sp³-hybridized carbons (Fsp3) is 0.182. The Balaban J connectivity index is 1.47. The fourth-order valence-corrected chi connectivity index (χ4v) is 2.72. The first kappa shape index (κ1) is 17.7. The maximum atomic E-state index is 12.3. The summed E-state index contributed by atoms with van der Waals surface area (Å²) in [5.74, 6) is -0.203. The maximum absolute atomic E-state index is 12.3. The molecule has 0 aliphatic carbocycles. The highest BCUT2D eigenvalue weighted by molar-refractivity contribution is 6.02. The summed E-state index contributed by atoms with van der Waals surface area (Å²) in [4.78, 5) is 16.5. The number of amides is 1. The van der Waals surface area contributed by atoms with Crippen LogP contribution in [0.5, 0.6) is 0 Å². The Kier molecular flexibility index (Phi) is 5.99. The monoisotopic (exact) mass is 345 g/mol. The average molecular weight is 345 g/mol. The number of aryl methyl sites for hydroxylation is 2. The van der Waals surface area contributed by atoms with Crippen LogP contribution in [0.4, 0.5) is 11.4 Å². The first-order valence-electron chi connectivity index (χ1n) is 8.82. The third-order valence-corrected chi connectivity index (χ3v) is 4.09. The van der Waals surface area contributed by atoms with Crippen LogP contribution in [0.3, 0.4) is 0 Å². The van der Waals surface area contributed by atoms with Gasteiger partial charge in [0.15, 0.2) is 0 Å². The molecule has 1 heterocycles. The summed E-state index contributed by atoms with van der Waals surface area (Å²) in [5, 5.41) is 6.21. The van der Waals surface area contributed by atoms with Crippen LogP contribution in [0.1, 0.15) is 28.0 Å². The van der Waals surface area contributed by atoms with Gasteiger partial charge in [-0.3, -0.25) is 4.79 Å². The van der Waals surface area contributed by atoms with E-state index in [1.54, 1.807) is 12.3 Å². The van der Waals surface area contributed by atoms with Gasteiger partial charge >= 0.3 is 0 Å². The second-order valence-electron chi connectivity index (χ2n) is 6.27. The first-order valence-corrected chi connectivity index (χ1v) is 8.82. The van der Waals surface area contributed by atoms with Crippen LogP contribution >= 0.6 is 0 Å². The molecule has 3 aromatic rings. The zero-order chi connectivity index (χ0) is 18.2. The molecule has 0 fully saturated rings. The van der Waals surface area contributed by atoms with Gasteiger partial charge in [-0.25, -0.2) is 4.98 Å². The Morgan fingerprint density at radius 2 is 1.81 bits per heavy atom. The number of pyridine rings is 1. The van der Waals surface area contributed by atoms with Crippen LogP contribution < -0.4 is 10.6 Å². The van der Waals surface area contributed by atoms with Crippen molar-refractivity contribution in [2.24, 2.45) is 0 Å². The molecular formula is C22H23N3O. The van der Waals surface area contributed by atoms with E-state index < -0.39 is 0 Å². The predicted molar refractivity (Wildman–Crippen MR) is 107 cm³/mol. The number of carbonyl (C=O) groups excluding carboxylic acids is 1. The molecule has 0 spiro atoms. The van der Waals surface area contributed by atoms with Crippen molar-refractivity contribution in [1.82, 2.24) is 4.98 Å². The van der Waals surface area contributed by atoms with Crippen molar-refractivity contribution in [3.05, 3.63) is 89.7 Å². The van der Waals surface area contributed by atoms with Gasteiger partial charge in [0.2, 0.25) is 0 Å². The van der Waals surface area contributed by atoms with E-state index >= 15 is 0 Å². The lowest BCUT2D eigenvalue weighted by Gasteiger charge is -2.08. The number of aromatic nitrogens is 1. The van der Waals surface area contributed by atoms with E-state index in [0.29, 0.717) is 5.69 Å². The average Bonchev–Trinajstić information content (AvgIpc) is 2.66. The van der Waals surface area contributed by atoms with E-state index in [2.05, 4.69) is 39.9 Å². The maximum Gasteiger partial charge on any atom is 0.274 e. The minimum absolute atomic E-state index is 0.203. The van der Waals surface area contributed by atoms with Crippen molar-refractivity contribution in [1.29, 1.82) is 0 Å². The minimum atomic E-state index is -0.203. The summed E-state index contributed by atoms with van der Waals surface area (Å²) >= 11 is 0. The van der Waals surface area contributed by atoms with E-state index in [1.807, 2.05) is 43.3 Å². The molecule has 1 amide bonds. The second-order valence-corrected chi connectivity index (χ2v) is 6.27. The Morgan fingerprint density at radius 3 is 2.54 bits per heavy atom. The summed E-state index contributed by atoms with van der Waals surface area (Å²) in [6.45, 7) is 2.86. The Hall–Kier alpha value is -3.14. The highest BCUT2D eigenvalue weighted by Crippen LogP contribution is 2.12. The van der Waals surface area contributed by atoms with Gasteiger partial charge in [-0.05, 0) is 55.2 Å². The van der Waals surface area contributed by atoms with Crippen molar-refractivity contribution < 1.29 is 4.79 Å². The molecule has 4 nitrogen and oxygen atoms in total. The van der Waals surface area contributed by atoms with Gasteiger partial charge in [-0.1, -0.05) is 42.5 Å². The minimum Gasteiger partial charge on any atom is -0.384 e. The van der Waals surface area contributed by atoms with Crippen molar-refractivity contribution in [2.75, 3.05) is 17.2 Å². The van der Waals surface area contributed by atoms with Gasteiger partial charge in [0.25, 0.3) is 5.91 Å². The lowest BCUT2D eigenvalue weighted by atomic mass is 10.1. The smallest absolute Gasteiger partial charge is 0.274 e. The molecule has 0 aliphatic rings. The summed E-state index contributed by atoms with van der Waals surface area (Å²) in [7, 11) is 0. The Morgan fingerprint density at radius 1 is 0.962 bits per heavy atom. The molecule has 26 heavy (non-hydrogen) atoms. The van der Waals surface area contributed by atoms with Crippen LogP contribution in [-0.2, 0) is 6.42 Å². The third kappa shape index (κ3) is 5.18. The number of hydrogen-bond acceptors (Lipinski definition) is 3. The highest BCUT2D eigenvalue weighted by Gasteiger charge is 2.07. The topological polar surface area (TPSA) is 54.0 Å². The van der Waals surface area contributed by atoms with Crippen LogP contribution in [-0.4, -0.2) is 17.4 Å². The van der Waals surface area contributed by atoms with Gasteiger partial charge < -0.3 is 10.6 Å². The van der Waals surface area contributed by atoms with Crippen molar-refractivity contribution in [3.63, 3.8) is 0 Å².